The Labute approximate surface area is 117 Å². The number of nitrogens with zero attached hydrogens (tertiary/aromatic N) is 1. The van der Waals surface area contributed by atoms with Crippen molar-refractivity contribution in [1.82, 2.24) is 10.2 Å². The van der Waals surface area contributed by atoms with Gasteiger partial charge in [-0.05, 0) is 25.3 Å². The smallest absolute Gasteiger partial charge is 0.401 e. The Bertz CT molecular complexity index is 310. The van der Waals surface area contributed by atoms with Gasteiger partial charge in [0, 0.05) is 25.6 Å². The molecule has 0 saturated carbocycles. The summed E-state index contributed by atoms with van der Waals surface area (Å²) in [6, 6.07) is -0.286. The van der Waals surface area contributed by atoms with Gasteiger partial charge in [-0.1, -0.05) is 13.3 Å². The van der Waals surface area contributed by atoms with E-state index in [-0.39, 0.29) is 18.4 Å². The first-order valence-electron chi connectivity index (χ1n) is 7.04. The number of carbonyl (C=O) groups is 1. The van der Waals surface area contributed by atoms with Crippen LogP contribution >= 0.6 is 0 Å². The molecule has 2 N–H and O–H groups in total. The lowest BCUT2D eigenvalue weighted by Gasteiger charge is -2.38. The number of piperidine rings is 1. The largest absolute Gasteiger partial charge is 0.481 e. The molecule has 2 unspecified atom stereocenters. The SMILES string of the molecule is CCCCN1CC(CC(=O)O)CC(NCC(F)(F)F)C1. The van der Waals surface area contributed by atoms with Crippen LogP contribution in [0.4, 0.5) is 13.2 Å². The number of rotatable bonds is 7. The van der Waals surface area contributed by atoms with Crippen molar-refractivity contribution >= 4 is 5.97 Å². The Morgan fingerprint density at radius 1 is 1.40 bits per heavy atom. The highest BCUT2D eigenvalue weighted by Crippen LogP contribution is 2.22. The summed E-state index contributed by atoms with van der Waals surface area (Å²) >= 11 is 0. The standard InChI is InChI=1S/C13H23F3N2O2/c1-2-3-4-18-7-10(6-12(19)20)5-11(8-18)17-9-13(14,15)16/h10-11,17H,2-9H2,1H3,(H,19,20). The van der Waals surface area contributed by atoms with Crippen LogP contribution in [0.3, 0.4) is 0 Å². The molecular weight excluding hydrogens is 273 g/mol. The number of carboxylic acid groups (broad SMARTS) is 1. The van der Waals surface area contributed by atoms with Crippen LogP contribution in [0, 0.1) is 5.92 Å². The lowest BCUT2D eigenvalue weighted by atomic mass is 9.91. The molecule has 7 heteroatoms. The second kappa shape index (κ2) is 7.83. The van der Waals surface area contributed by atoms with Crippen molar-refractivity contribution in [3.8, 4) is 0 Å². The molecule has 2 atom stereocenters. The number of hydrogen-bond acceptors (Lipinski definition) is 3. The van der Waals surface area contributed by atoms with E-state index in [0.29, 0.717) is 19.5 Å². The molecule has 4 nitrogen and oxygen atoms in total. The quantitative estimate of drug-likeness (QED) is 0.755. The van der Waals surface area contributed by atoms with Crippen LogP contribution in [-0.4, -0.2) is 54.4 Å². The molecule has 0 radical (unpaired) electrons. The summed E-state index contributed by atoms with van der Waals surface area (Å²) in [7, 11) is 0. The van der Waals surface area contributed by atoms with Gasteiger partial charge in [0.2, 0.25) is 0 Å². The minimum atomic E-state index is -4.23. The van der Waals surface area contributed by atoms with Crippen LogP contribution in [0.5, 0.6) is 0 Å². The fraction of sp³-hybridized carbons (Fsp3) is 0.923. The highest BCUT2D eigenvalue weighted by Gasteiger charge is 2.32. The number of unbranched alkanes of at least 4 members (excludes halogenated alkanes) is 1. The Morgan fingerprint density at radius 2 is 2.10 bits per heavy atom. The number of nitrogens with one attached hydrogen (secondary N) is 1. The normalized spacial score (nSPS) is 24.8. The highest BCUT2D eigenvalue weighted by molar-refractivity contribution is 5.67. The van der Waals surface area contributed by atoms with Crippen molar-refractivity contribution in [2.24, 2.45) is 5.92 Å². The van der Waals surface area contributed by atoms with Gasteiger partial charge in [0.25, 0.3) is 0 Å². The Kier molecular flexibility index (Phi) is 6.75. The van der Waals surface area contributed by atoms with Crippen LogP contribution in [-0.2, 0) is 4.79 Å². The molecule has 20 heavy (non-hydrogen) atoms. The van der Waals surface area contributed by atoms with Gasteiger partial charge in [0.15, 0.2) is 0 Å². The predicted molar refractivity (Wildman–Crippen MR) is 69.6 cm³/mol. The molecule has 1 rings (SSSR count). The Morgan fingerprint density at radius 3 is 2.65 bits per heavy atom. The molecule has 1 saturated heterocycles. The third-order valence-corrected chi connectivity index (χ3v) is 3.50. The molecule has 1 aliphatic rings. The van der Waals surface area contributed by atoms with Gasteiger partial charge in [-0.3, -0.25) is 4.79 Å². The van der Waals surface area contributed by atoms with Gasteiger partial charge < -0.3 is 15.3 Å². The number of alkyl halides is 3. The molecule has 0 aromatic heterocycles. The molecular formula is C13H23F3N2O2. The second-order valence-corrected chi connectivity index (χ2v) is 5.51. The van der Waals surface area contributed by atoms with E-state index in [1.165, 1.54) is 0 Å². The van der Waals surface area contributed by atoms with Crippen molar-refractivity contribution < 1.29 is 23.1 Å². The van der Waals surface area contributed by atoms with E-state index < -0.39 is 18.7 Å². The van der Waals surface area contributed by atoms with Crippen molar-refractivity contribution in [1.29, 1.82) is 0 Å². The second-order valence-electron chi connectivity index (χ2n) is 5.51. The number of likely N-dealkylation sites (tertiary alicyclic amines) is 1. The topological polar surface area (TPSA) is 52.6 Å². The van der Waals surface area contributed by atoms with E-state index in [0.717, 1.165) is 19.4 Å². The van der Waals surface area contributed by atoms with Crippen molar-refractivity contribution in [3.05, 3.63) is 0 Å². The molecule has 0 aliphatic carbocycles. The zero-order chi connectivity index (χ0) is 15.2. The maximum atomic E-state index is 12.2. The van der Waals surface area contributed by atoms with E-state index in [9.17, 15) is 18.0 Å². The fourth-order valence-electron chi connectivity index (χ4n) is 2.67. The van der Waals surface area contributed by atoms with E-state index in [2.05, 4.69) is 17.1 Å². The summed E-state index contributed by atoms with van der Waals surface area (Å²) < 4.78 is 36.7. The highest BCUT2D eigenvalue weighted by atomic mass is 19.4. The zero-order valence-electron chi connectivity index (χ0n) is 11.7. The Hall–Kier alpha value is -0.820. The molecule has 0 aromatic rings. The molecule has 1 fully saturated rings. The first-order chi connectivity index (χ1) is 9.30. The van der Waals surface area contributed by atoms with Crippen LogP contribution in [0.2, 0.25) is 0 Å². The number of hydrogen-bond donors (Lipinski definition) is 2. The summed E-state index contributed by atoms with van der Waals surface area (Å²) in [5.41, 5.74) is 0. The van der Waals surface area contributed by atoms with Crippen LogP contribution < -0.4 is 5.32 Å². The average Bonchev–Trinajstić information content (AvgIpc) is 2.32. The van der Waals surface area contributed by atoms with Crippen LogP contribution in [0.25, 0.3) is 0 Å². The maximum Gasteiger partial charge on any atom is 0.401 e. The monoisotopic (exact) mass is 296 g/mol. The number of halogens is 3. The van der Waals surface area contributed by atoms with Gasteiger partial charge in [-0.15, -0.1) is 0 Å². The summed E-state index contributed by atoms with van der Waals surface area (Å²) in [5, 5.41) is 11.4. The lowest BCUT2D eigenvalue weighted by molar-refractivity contribution is -0.139. The number of aliphatic carboxylic acids is 1. The molecule has 1 heterocycles. The first-order valence-corrected chi connectivity index (χ1v) is 7.04. The zero-order valence-corrected chi connectivity index (χ0v) is 11.7. The van der Waals surface area contributed by atoms with Crippen molar-refractivity contribution in [2.75, 3.05) is 26.2 Å². The predicted octanol–water partition coefficient (Wildman–Crippen LogP) is 2.10. The molecule has 0 spiro atoms. The molecule has 0 aromatic carbocycles. The third kappa shape index (κ3) is 7.09. The lowest BCUT2D eigenvalue weighted by Crippen LogP contribution is -2.51. The first kappa shape index (κ1) is 17.2. The van der Waals surface area contributed by atoms with Gasteiger partial charge >= 0.3 is 12.1 Å². The third-order valence-electron chi connectivity index (χ3n) is 3.50. The molecule has 0 bridgehead atoms. The molecule has 1 aliphatic heterocycles. The fourth-order valence-corrected chi connectivity index (χ4v) is 2.67. The van der Waals surface area contributed by atoms with E-state index in [1.54, 1.807) is 0 Å². The maximum absolute atomic E-state index is 12.2. The van der Waals surface area contributed by atoms with Gasteiger partial charge in [-0.25, -0.2) is 0 Å². The average molecular weight is 296 g/mol. The van der Waals surface area contributed by atoms with E-state index in [1.807, 2.05) is 0 Å². The summed E-state index contributed by atoms with van der Waals surface area (Å²) in [5.74, 6) is -0.967. The van der Waals surface area contributed by atoms with E-state index >= 15 is 0 Å². The van der Waals surface area contributed by atoms with Crippen LogP contribution in [0.1, 0.15) is 32.6 Å². The minimum Gasteiger partial charge on any atom is -0.481 e. The Balaban J connectivity index is 2.52. The van der Waals surface area contributed by atoms with Gasteiger partial charge in [0.1, 0.15) is 0 Å². The van der Waals surface area contributed by atoms with Crippen molar-refractivity contribution in [2.45, 2.75) is 44.8 Å². The molecule has 118 valence electrons. The van der Waals surface area contributed by atoms with Crippen molar-refractivity contribution in [3.63, 3.8) is 0 Å². The van der Waals surface area contributed by atoms with E-state index in [4.69, 9.17) is 5.11 Å². The minimum absolute atomic E-state index is 0.0207. The van der Waals surface area contributed by atoms with Gasteiger partial charge in [0.05, 0.1) is 6.54 Å². The summed E-state index contributed by atoms with van der Waals surface area (Å²) in [6.45, 7) is 3.08. The summed E-state index contributed by atoms with van der Waals surface area (Å²) in [6.07, 6.45) is -1.72. The number of carboxylic acids is 1. The summed E-state index contributed by atoms with van der Waals surface area (Å²) in [4.78, 5) is 12.9. The molecule has 0 amide bonds. The van der Waals surface area contributed by atoms with Gasteiger partial charge in [-0.2, -0.15) is 13.2 Å². The van der Waals surface area contributed by atoms with Crippen LogP contribution in [0.15, 0.2) is 0 Å².